The van der Waals surface area contributed by atoms with E-state index in [1.807, 2.05) is 0 Å². The zero-order valence-corrected chi connectivity index (χ0v) is 6.79. The molecule has 0 aliphatic heterocycles. The molecule has 12 heavy (non-hydrogen) atoms. The van der Waals surface area contributed by atoms with Crippen LogP contribution in [-0.4, -0.2) is 12.9 Å². The quantitative estimate of drug-likeness (QED) is 0.614. The van der Waals surface area contributed by atoms with Gasteiger partial charge in [0.15, 0.2) is 11.5 Å². The molecule has 0 amide bonds. The van der Waals surface area contributed by atoms with Crippen LogP contribution in [0, 0.1) is 0 Å². The molecular formula is C8H8O4. The number of Topliss-reactive ketones (excluding diaryl/α,β-unsaturated/α-hetero) is 1. The van der Waals surface area contributed by atoms with Crippen LogP contribution < -0.4 is 10.4 Å². The monoisotopic (exact) mass is 168 g/mol. The second-order valence-electron chi connectivity index (χ2n) is 2.24. The van der Waals surface area contributed by atoms with Crippen LogP contribution in [0.5, 0.6) is 5.75 Å². The number of ether oxygens (including phenoxy) is 1. The summed E-state index contributed by atoms with van der Waals surface area (Å²) in [4.78, 5) is 21.6. The van der Waals surface area contributed by atoms with Crippen molar-refractivity contribution in [1.29, 1.82) is 0 Å². The summed E-state index contributed by atoms with van der Waals surface area (Å²) in [6, 6.07) is 2.55. The minimum absolute atomic E-state index is 0.0133. The normalized spacial score (nSPS) is 9.50. The van der Waals surface area contributed by atoms with E-state index in [0.29, 0.717) is 5.75 Å². The first-order valence-corrected chi connectivity index (χ1v) is 3.33. The van der Waals surface area contributed by atoms with Crippen molar-refractivity contribution in [3.05, 3.63) is 28.3 Å². The van der Waals surface area contributed by atoms with E-state index in [1.54, 1.807) is 0 Å². The molecule has 4 heteroatoms. The van der Waals surface area contributed by atoms with Gasteiger partial charge in [0, 0.05) is 13.0 Å². The SMILES string of the molecule is COc1cc(C(C)=O)oc(=O)c1. The lowest BCUT2D eigenvalue weighted by Crippen LogP contribution is -2.03. The summed E-state index contributed by atoms with van der Waals surface area (Å²) in [5.74, 6) is 0.0433. The predicted molar refractivity (Wildman–Crippen MR) is 41.5 cm³/mol. The van der Waals surface area contributed by atoms with Gasteiger partial charge in [-0.15, -0.1) is 0 Å². The Hall–Kier alpha value is -1.58. The largest absolute Gasteiger partial charge is 0.496 e. The summed E-state index contributed by atoms with van der Waals surface area (Å²) >= 11 is 0. The Bertz CT molecular complexity index is 350. The molecule has 0 bridgehead atoms. The van der Waals surface area contributed by atoms with Gasteiger partial charge in [-0.2, -0.15) is 0 Å². The van der Waals surface area contributed by atoms with Gasteiger partial charge in [-0.05, 0) is 0 Å². The van der Waals surface area contributed by atoms with Gasteiger partial charge in [0.25, 0.3) is 0 Å². The lowest BCUT2D eigenvalue weighted by Gasteiger charge is -1.98. The van der Waals surface area contributed by atoms with E-state index in [4.69, 9.17) is 4.74 Å². The van der Waals surface area contributed by atoms with Crippen molar-refractivity contribution in [1.82, 2.24) is 0 Å². The van der Waals surface area contributed by atoms with E-state index in [2.05, 4.69) is 4.42 Å². The maximum atomic E-state index is 10.8. The molecule has 0 spiro atoms. The Morgan fingerprint density at radius 2 is 2.17 bits per heavy atom. The molecule has 0 aromatic carbocycles. The van der Waals surface area contributed by atoms with Crippen LogP contribution >= 0.6 is 0 Å². The van der Waals surface area contributed by atoms with Crippen molar-refractivity contribution in [3.8, 4) is 5.75 Å². The van der Waals surface area contributed by atoms with Crippen molar-refractivity contribution < 1.29 is 13.9 Å². The predicted octanol–water partition coefficient (Wildman–Crippen LogP) is 0.851. The summed E-state index contributed by atoms with van der Waals surface area (Å²) < 4.78 is 9.37. The van der Waals surface area contributed by atoms with Crippen LogP contribution in [-0.2, 0) is 0 Å². The molecule has 0 saturated carbocycles. The second-order valence-corrected chi connectivity index (χ2v) is 2.24. The molecule has 0 saturated heterocycles. The Morgan fingerprint density at radius 3 is 2.67 bits per heavy atom. The van der Waals surface area contributed by atoms with Gasteiger partial charge in [-0.1, -0.05) is 0 Å². The van der Waals surface area contributed by atoms with E-state index in [1.165, 1.54) is 26.2 Å². The number of ketones is 1. The number of rotatable bonds is 2. The maximum Gasteiger partial charge on any atom is 0.340 e. The molecule has 0 radical (unpaired) electrons. The lowest BCUT2D eigenvalue weighted by molar-refractivity contribution is 0.0982. The molecule has 0 aliphatic rings. The highest BCUT2D eigenvalue weighted by molar-refractivity contribution is 5.91. The van der Waals surface area contributed by atoms with Crippen LogP contribution in [0.2, 0.25) is 0 Å². The van der Waals surface area contributed by atoms with Crippen LogP contribution in [0.4, 0.5) is 0 Å². The van der Waals surface area contributed by atoms with Crippen molar-refractivity contribution in [2.45, 2.75) is 6.92 Å². The molecule has 0 atom stereocenters. The molecule has 4 nitrogen and oxygen atoms in total. The first kappa shape index (κ1) is 8.52. The fraction of sp³-hybridized carbons (Fsp3) is 0.250. The third-order valence-electron chi connectivity index (χ3n) is 1.33. The van der Waals surface area contributed by atoms with Gasteiger partial charge in [0.05, 0.1) is 13.2 Å². The molecule has 0 N–H and O–H groups in total. The molecule has 0 unspecified atom stereocenters. The average Bonchev–Trinajstić information content (AvgIpc) is 2.03. The summed E-state index contributed by atoms with van der Waals surface area (Å²) in [5.41, 5.74) is -0.584. The smallest absolute Gasteiger partial charge is 0.340 e. The van der Waals surface area contributed by atoms with Gasteiger partial charge in [0.1, 0.15) is 5.75 Å². The van der Waals surface area contributed by atoms with Gasteiger partial charge in [-0.25, -0.2) is 4.79 Å². The van der Waals surface area contributed by atoms with Crippen LogP contribution in [0.25, 0.3) is 0 Å². The highest BCUT2D eigenvalue weighted by Crippen LogP contribution is 2.09. The Kier molecular flexibility index (Phi) is 2.28. The zero-order valence-electron chi connectivity index (χ0n) is 6.79. The second kappa shape index (κ2) is 3.21. The number of hydrogen-bond acceptors (Lipinski definition) is 4. The maximum absolute atomic E-state index is 10.8. The summed E-state index contributed by atoms with van der Waals surface area (Å²) in [7, 11) is 1.42. The lowest BCUT2D eigenvalue weighted by atomic mass is 10.3. The standard InChI is InChI=1S/C8H8O4/c1-5(9)7-3-6(11-2)4-8(10)12-7/h3-4H,1-2H3. The highest BCUT2D eigenvalue weighted by Gasteiger charge is 2.05. The molecular weight excluding hydrogens is 160 g/mol. The van der Waals surface area contributed by atoms with Gasteiger partial charge in [0.2, 0.25) is 0 Å². The Labute approximate surface area is 68.8 Å². The molecule has 1 heterocycles. The first-order chi connectivity index (χ1) is 5.63. The van der Waals surface area contributed by atoms with Crippen LogP contribution in [0.1, 0.15) is 17.5 Å². The summed E-state index contributed by atoms with van der Waals surface area (Å²) in [5, 5.41) is 0. The summed E-state index contributed by atoms with van der Waals surface area (Å²) in [6.45, 7) is 1.32. The van der Waals surface area contributed by atoms with Gasteiger partial charge < -0.3 is 9.15 Å². The zero-order chi connectivity index (χ0) is 9.14. The topological polar surface area (TPSA) is 56.5 Å². The van der Waals surface area contributed by atoms with Gasteiger partial charge in [-0.3, -0.25) is 4.79 Å². The van der Waals surface area contributed by atoms with E-state index < -0.39 is 5.63 Å². The fourth-order valence-corrected chi connectivity index (χ4v) is 0.746. The molecule has 64 valence electrons. The first-order valence-electron chi connectivity index (χ1n) is 3.33. The third kappa shape index (κ3) is 1.72. The molecule has 1 aromatic heterocycles. The molecule has 1 aromatic rings. The van der Waals surface area contributed by atoms with E-state index in [-0.39, 0.29) is 11.5 Å². The Morgan fingerprint density at radius 1 is 1.50 bits per heavy atom. The van der Waals surface area contributed by atoms with Crippen molar-refractivity contribution in [3.63, 3.8) is 0 Å². The fourth-order valence-electron chi connectivity index (χ4n) is 0.746. The number of methoxy groups -OCH3 is 1. The van der Waals surface area contributed by atoms with Crippen molar-refractivity contribution in [2.75, 3.05) is 7.11 Å². The third-order valence-corrected chi connectivity index (χ3v) is 1.33. The van der Waals surface area contributed by atoms with E-state index in [9.17, 15) is 9.59 Å². The number of carbonyl (C=O) groups is 1. The van der Waals surface area contributed by atoms with Crippen molar-refractivity contribution >= 4 is 5.78 Å². The molecule has 0 fully saturated rings. The highest BCUT2D eigenvalue weighted by atomic mass is 16.5. The molecule has 1 rings (SSSR count). The minimum Gasteiger partial charge on any atom is -0.496 e. The van der Waals surface area contributed by atoms with E-state index >= 15 is 0 Å². The van der Waals surface area contributed by atoms with Crippen molar-refractivity contribution in [2.24, 2.45) is 0 Å². The molecule has 0 aliphatic carbocycles. The summed E-state index contributed by atoms with van der Waals surface area (Å²) in [6.07, 6.45) is 0. The Balaban J connectivity index is 3.24. The van der Waals surface area contributed by atoms with Crippen LogP contribution in [0.3, 0.4) is 0 Å². The minimum atomic E-state index is -0.584. The van der Waals surface area contributed by atoms with E-state index in [0.717, 1.165) is 0 Å². The average molecular weight is 168 g/mol. The van der Waals surface area contributed by atoms with Crippen LogP contribution in [0.15, 0.2) is 21.3 Å². The number of carbonyl (C=O) groups excluding carboxylic acids is 1. The van der Waals surface area contributed by atoms with Gasteiger partial charge >= 0.3 is 5.63 Å². The number of hydrogen-bond donors (Lipinski definition) is 0.